The number of fused-ring (bicyclic) bond motifs is 17. The van der Waals surface area contributed by atoms with Gasteiger partial charge in [0.15, 0.2) is 0 Å². The van der Waals surface area contributed by atoms with E-state index in [4.69, 9.17) is 9.97 Å². The summed E-state index contributed by atoms with van der Waals surface area (Å²) in [6.07, 6.45) is 7.66. The van der Waals surface area contributed by atoms with E-state index in [-0.39, 0.29) is 0 Å². The Morgan fingerprint density at radius 1 is 0.596 bits per heavy atom. The molecule has 0 aliphatic heterocycles. The predicted octanol–water partition coefficient (Wildman–Crippen LogP) is 13.0. The second-order valence-electron chi connectivity index (χ2n) is 13.3. The summed E-state index contributed by atoms with van der Waals surface area (Å²) in [5.41, 5.74) is 11.6. The number of para-hydroxylation sites is 3. The molecule has 244 valence electrons. The lowest BCUT2D eigenvalue weighted by Crippen LogP contribution is -2.00. The first-order valence-electron chi connectivity index (χ1n) is 17.6. The van der Waals surface area contributed by atoms with Crippen LogP contribution >= 0.6 is 11.3 Å². The highest BCUT2D eigenvalue weighted by Crippen LogP contribution is 2.50. The largest absolute Gasteiger partial charge is 0.292 e. The third kappa shape index (κ3) is 3.80. The second kappa shape index (κ2) is 11.0. The molecule has 5 heterocycles. The van der Waals surface area contributed by atoms with E-state index in [1.807, 2.05) is 30.4 Å². The molecule has 0 bridgehead atoms. The maximum atomic E-state index is 5.40. The first-order chi connectivity index (χ1) is 25.8. The van der Waals surface area contributed by atoms with Crippen molar-refractivity contribution in [3.8, 4) is 28.1 Å². The number of nitrogens with zero attached hydrogens (tertiary/aromatic N) is 4. The molecule has 1 aliphatic carbocycles. The lowest BCUT2D eigenvalue weighted by Gasteiger charge is -2.14. The zero-order valence-corrected chi connectivity index (χ0v) is 29.2. The lowest BCUT2D eigenvalue weighted by molar-refractivity contribution is 1.11. The van der Waals surface area contributed by atoms with Gasteiger partial charge in [0.05, 0.1) is 37.7 Å². The molecule has 5 heteroatoms. The predicted molar refractivity (Wildman–Crippen MR) is 222 cm³/mol. The molecular weight excluding hydrogens is 653 g/mol. The van der Waals surface area contributed by atoms with Gasteiger partial charge in [-0.1, -0.05) is 128 Å². The maximum Gasteiger partial charge on any atom is 0.148 e. The number of hydrogen-bond acceptors (Lipinski definition) is 3. The quantitative estimate of drug-likeness (QED) is 0.170. The molecule has 6 aromatic carbocycles. The van der Waals surface area contributed by atoms with Crippen LogP contribution in [-0.2, 0) is 0 Å². The van der Waals surface area contributed by atoms with Crippen LogP contribution in [-0.4, -0.2) is 18.9 Å². The van der Waals surface area contributed by atoms with Crippen LogP contribution in [0.5, 0.6) is 0 Å². The Bertz CT molecular complexity index is 3310. The van der Waals surface area contributed by atoms with Gasteiger partial charge in [0, 0.05) is 48.8 Å². The minimum absolute atomic E-state index is 0.947. The molecule has 0 saturated carbocycles. The van der Waals surface area contributed by atoms with Gasteiger partial charge in [0.2, 0.25) is 0 Å². The molecule has 52 heavy (non-hydrogen) atoms. The molecule has 0 fully saturated rings. The molecule has 0 radical (unpaired) electrons. The Kier molecular flexibility index (Phi) is 6.16. The molecule has 0 amide bonds. The van der Waals surface area contributed by atoms with Crippen molar-refractivity contribution in [3.63, 3.8) is 0 Å². The van der Waals surface area contributed by atoms with Crippen LogP contribution in [0.2, 0.25) is 0 Å². The van der Waals surface area contributed by atoms with Gasteiger partial charge in [0.1, 0.15) is 11.5 Å². The van der Waals surface area contributed by atoms with E-state index in [2.05, 4.69) is 149 Å². The number of thiophene rings is 1. The number of rotatable bonds is 2. The van der Waals surface area contributed by atoms with Gasteiger partial charge in [-0.3, -0.25) is 8.97 Å². The fourth-order valence-corrected chi connectivity index (χ4v) is 9.75. The number of aromatic nitrogens is 4. The van der Waals surface area contributed by atoms with Gasteiger partial charge in [0.25, 0.3) is 0 Å². The van der Waals surface area contributed by atoms with Crippen LogP contribution in [0.3, 0.4) is 0 Å². The Morgan fingerprint density at radius 3 is 2.12 bits per heavy atom. The van der Waals surface area contributed by atoms with E-state index in [1.165, 1.54) is 64.1 Å². The highest BCUT2D eigenvalue weighted by molar-refractivity contribution is 7.26. The minimum Gasteiger partial charge on any atom is -0.292 e. The van der Waals surface area contributed by atoms with Crippen LogP contribution in [0.15, 0.2) is 158 Å². The van der Waals surface area contributed by atoms with Crippen molar-refractivity contribution < 1.29 is 0 Å². The monoisotopic (exact) mass is 682 g/mol. The Hall–Kier alpha value is -6.56. The molecule has 0 spiro atoms. The topological polar surface area (TPSA) is 35.1 Å². The van der Waals surface area contributed by atoms with Crippen molar-refractivity contribution in [1.82, 2.24) is 18.9 Å². The molecule has 0 atom stereocenters. The number of allylic oxidation sites excluding steroid dienone is 3. The van der Waals surface area contributed by atoms with Crippen molar-refractivity contribution in [2.75, 3.05) is 0 Å². The van der Waals surface area contributed by atoms with E-state index in [0.717, 1.165) is 44.3 Å². The highest BCUT2D eigenvalue weighted by Gasteiger charge is 2.27. The summed E-state index contributed by atoms with van der Waals surface area (Å²) in [6, 6.07) is 46.1. The van der Waals surface area contributed by atoms with Gasteiger partial charge >= 0.3 is 0 Å². The van der Waals surface area contributed by atoms with E-state index in [1.54, 1.807) is 6.08 Å². The van der Waals surface area contributed by atoms with Crippen LogP contribution in [0.25, 0.3) is 108 Å². The maximum absolute atomic E-state index is 5.40. The summed E-state index contributed by atoms with van der Waals surface area (Å²) in [4.78, 5) is 10.7. The van der Waals surface area contributed by atoms with Crippen LogP contribution < -0.4 is 0 Å². The van der Waals surface area contributed by atoms with Gasteiger partial charge in [-0.25, -0.2) is 9.97 Å². The summed E-state index contributed by atoms with van der Waals surface area (Å²) in [5, 5.41) is 8.48. The van der Waals surface area contributed by atoms with Crippen molar-refractivity contribution in [3.05, 3.63) is 158 Å². The minimum atomic E-state index is 0.947. The van der Waals surface area contributed by atoms with Crippen molar-refractivity contribution in [2.45, 2.75) is 6.92 Å². The smallest absolute Gasteiger partial charge is 0.148 e. The summed E-state index contributed by atoms with van der Waals surface area (Å²) >= 11 is 1.87. The zero-order chi connectivity index (χ0) is 34.5. The summed E-state index contributed by atoms with van der Waals surface area (Å²) in [7, 11) is 0. The van der Waals surface area contributed by atoms with Crippen LogP contribution in [0, 0.1) is 0 Å². The van der Waals surface area contributed by atoms with Crippen LogP contribution in [0.1, 0.15) is 6.92 Å². The molecule has 1 aliphatic rings. The molecular formula is C47H30N4S. The van der Waals surface area contributed by atoms with Gasteiger partial charge in [-0.05, 0) is 47.9 Å². The average Bonchev–Trinajstić information content (AvgIpc) is 3.95. The Labute approximate surface area is 302 Å². The zero-order valence-electron chi connectivity index (χ0n) is 28.3. The Morgan fingerprint density at radius 2 is 1.29 bits per heavy atom. The Balaban J connectivity index is 0.000000604. The number of hydrogen-bond donors (Lipinski definition) is 0. The molecule has 0 N–H and O–H groups in total. The van der Waals surface area contributed by atoms with Crippen molar-refractivity contribution in [1.29, 1.82) is 0 Å². The SMILES string of the molecule is C=C/C=C\C.c1ccc2c(c1)-c1cccc3c(-n4c5ccccc5c5ccc6c7sc8ccccc8c7n7c8ccccc8nc7c6c54)ncc-2c13. The standard InChI is InChI=1S/C42H22N4S.C5H8/c1-2-11-24-23(10-1)26-14-9-15-30-36(26)31(24)22-43-41(30)45-33-17-6-3-12-25(33)27-20-21-29-37(38(27)45)42-44-32-16-5-7-18-34(32)46(42)39-28-13-4-8-19-35(28)47-40(29)39;1-3-5-4-2/h1-22H;3-5H,1H2,2H3/b;5-4-. The van der Waals surface area contributed by atoms with Gasteiger partial charge in [-0.15, -0.1) is 11.3 Å². The van der Waals surface area contributed by atoms with Crippen molar-refractivity contribution in [2.24, 2.45) is 0 Å². The first kappa shape index (κ1) is 29.2. The third-order valence-corrected chi connectivity index (χ3v) is 11.8. The number of pyridine rings is 2. The van der Waals surface area contributed by atoms with E-state index in [9.17, 15) is 0 Å². The fourth-order valence-electron chi connectivity index (χ4n) is 8.53. The summed E-state index contributed by atoms with van der Waals surface area (Å²) in [5.74, 6) is 0.947. The molecule has 4 nitrogen and oxygen atoms in total. The second-order valence-corrected chi connectivity index (χ2v) is 14.4. The third-order valence-electron chi connectivity index (χ3n) is 10.6. The molecule has 0 unspecified atom stereocenters. The summed E-state index contributed by atoms with van der Waals surface area (Å²) in [6.45, 7) is 5.42. The highest BCUT2D eigenvalue weighted by atomic mass is 32.1. The molecule has 12 rings (SSSR count). The van der Waals surface area contributed by atoms with Crippen molar-refractivity contribution >= 4 is 91.7 Å². The first-order valence-corrected chi connectivity index (χ1v) is 18.4. The average molecular weight is 683 g/mol. The molecule has 11 aromatic rings. The molecule has 0 saturated heterocycles. The van der Waals surface area contributed by atoms with E-state index >= 15 is 0 Å². The van der Waals surface area contributed by atoms with Crippen LogP contribution in [0.4, 0.5) is 0 Å². The normalized spacial score (nSPS) is 12.3. The van der Waals surface area contributed by atoms with E-state index in [0.29, 0.717) is 0 Å². The lowest BCUT2D eigenvalue weighted by atomic mass is 10.0. The van der Waals surface area contributed by atoms with Gasteiger partial charge in [-0.2, -0.15) is 0 Å². The summed E-state index contributed by atoms with van der Waals surface area (Å²) < 4.78 is 7.38. The number of imidazole rings is 1. The van der Waals surface area contributed by atoms with E-state index < -0.39 is 0 Å². The molecule has 5 aromatic heterocycles. The number of benzene rings is 6. The van der Waals surface area contributed by atoms with Gasteiger partial charge < -0.3 is 0 Å². The fraction of sp³-hybridized carbons (Fsp3) is 0.0213.